The van der Waals surface area contributed by atoms with Crippen LogP contribution in [0.4, 0.5) is 0 Å². The minimum atomic E-state index is -4.03. The Morgan fingerprint density at radius 2 is 0.923 bits per heavy atom. The highest BCUT2D eigenvalue weighted by Crippen LogP contribution is 2.42. The molecule has 0 heterocycles. The van der Waals surface area contributed by atoms with Gasteiger partial charge in [-0.3, -0.25) is 0 Å². The molecule has 0 fully saturated rings. The zero-order valence-electron chi connectivity index (χ0n) is 20.0. The number of benzene rings is 4. The van der Waals surface area contributed by atoms with E-state index in [1.807, 2.05) is 48.5 Å². The van der Waals surface area contributed by atoms with Crippen molar-refractivity contribution in [2.75, 3.05) is 0 Å². The van der Waals surface area contributed by atoms with Gasteiger partial charge >= 0.3 is 0 Å². The molecule has 0 saturated carbocycles. The lowest BCUT2D eigenvalue weighted by atomic mass is 10.1. The van der Waals surface area contributed by atoms with Gasteiger partial charge in [0, 0.05) is 27.2 Å². The highest BCUT2D eigenvalue weighted by atomic mass is 127. The molecule has 0 saturated heterocycles. The first-order valence-electron chi connectivity index (χ1n) is 11.5. The van der Waals surface area contributed by atoms with Gasteiger partial charge in [0.05, 0.1) is 0 Å². The van der Waals surface area contributed by atoms with Crippen LogP contribution in [-0.2, 0) is 9.84 Å². The summed E-state index contributed by atoms with van der Waals surface area (Å²) in [5.74, 6) is 0. The Labute approximate surface area is 276 Å². The highest BCUT2D eigenvalue weighted by Gasteiger charge is 2.35. The molecule has 2 nitrogen and oxygen atoms in total. The van der Waals surface area contributed by atoms with Gasteiger partial charge in [0.25, 0.3) is 0 Å². The van der Waals surface area contributed by atoms with Crippen LogP contribution in [0.3, 0.4) is 0 Å². The fourth-order valence-corrected chi connectivity index (χ4v) is 7.88. The topological polar surface area (TPSA) is 34.1 Å². The van der Waals surface area contributed by atoms with Crippen molar-refractivity contribution in [2.45, 2.75) is 10.5 Å². The Balaban J connectivity index is 1.88. The predicted molar refractivity (Wildman–Crippen MR) is 184 cm³/mol. The van der Waals surface area contributed by atoms with E-state index in [0.717, 1.165) is 18.3 Å². The third kappa shape index (κ3) is 8.03. The van der Waals surface area contributed by atoms with Crippen molar-refractivity contribution in [1.29, 1.82) is 0 Å². The molecule has 4 aromatic carbocycles. The average Bonchev–Trinajstić information content (AvgIpc) is 2.88. The van der Waals surface area contributed by atoms with E-state index in [1.165, 1.54) is 0 Å². The third-order valence-electron chi connectivity index (χ3n) is 5.91. The van der Waals surface area contributed by atoms with Gasteiger partial charge in [-0.1, -0.05) is 107 Å². The van der Waals surface area contributed by atoms with Crippen molar-refractivity contribution in [1.82, 2.24) is 0 Å². The molecule has 4 rings (SSSR count). The van der Waals surface area contributed by atoms with Crippen molar-refractivity contribution < 1.29 is 8.42 Å². The first kappa shape index (κ1) is 30.9. The van der Waals surface area contributed by atoms with E-state index in [-0.39, 0.29) is 10.0 Å². The molecule has 0 aromatic heterocycles. The minimum absolute atomic E-state index is 0.255. The fourth-order valence-electron chi connectivity index (χ4n) is 3.95. The van der Waals surface area contributed by atoms with E-state index in [0.29, 0.717) is 21.2 Å². The first-order chi connectivity index (χ1) is 18.5. The number of hydrogen-bond acceptors (Lipinski definition) is 2. The molecule has 2 unspecified atom stereocenters. The average molecular weight is 840 g/mol. The maximum atomic E-state index is 14.6. The van der Waals surface area contributed by atoms with E-state index in [9.17, 15) is 8.42 Å². The molecule has 2 atom stereocenters. The molecule has 39 heavy (non-hydrogen) atoms. The maximum absolute atomic E-state index is 14.6. The van der Waals surface area contributed by atoms with Crippen LogP contribution < -0.4 is 0 Å². The number of sulfone groups is 1. The summed E-state index contributed by atoms with van der Waals surface area (Å²) in [4.78, 5) is 0. The SMILES string of the molecule is O=S(=O)(C(C=Cc1ccc(I)cc1)c1ccc(Cl)cc1Cl)C(C=Cc1ccc(I)cc1)c1ccc(Cl)cc1Cl. The first-order valence-corrected chi connectivity index (χ1v) is 16.8. The highest BCUT2D eigenvalue weighted by molar-refractivity contribution is 14.1. The molecule has 0 bridgehead atoms. The lowest BCUT2D eigenvalue weighted by Crippen LogP contribution is -2.19. The molecule has 0 aliphatic carbocycles. The smallest absolute Gasteiger partial charge is 0.171 e. The molecule has 0 amide bonds. The molecule has 0 aliphatic rings. The van der Waals surface area contributed by atoms with Crippen molar-refractivity contribution >= 4 is 114 Å². The minimum Gasteiger partial charge on any atom is -0.227 e. The molecule has 0 aliphatic heterocycles. The Hall–Kier alpha value is -1.07. The van der Waals surface area contributed by atoms with Gasteiger partial charge in [0.1, 0.15) is 10.5 Å². The Bertz CT molecular complexity index is 1520. The standard InChI is InChI=1S/C30H20Cl4I2O2S/c31-21-7-13-25(27(33)17-21)29(15-5-19-1-9-23(35)10-2-19)39(37,38)30(26-14-8-22(32)18-28(26)34)16-6-20-3-11-24(36)12-4-20/h1-18,29-30H. The summed E-state index contributed by atoms with van der Waals surface area (Å²) < 4.78 is 31.3. The summed E-state index contributed by atoms with van der Waals surface area (Å²) in [6, 6.07) is 25.2. The van der Waals surface area contributed by atoms with Crippen molar-refractivity contribution in [3.8, 4) is 0 Å². The second-order valence-corrected chi connectivity index (χ2v) is 15.0. The van der Waals surface area contributed by atoms with Crippen LogP contribution >= 0.6 is 91.6 Å². The van der Waals surface area contributed by atoms with Gasteiger partial charge in [0.15, 0.2) is 9.84 Å². The van der Waals surface area contributed by atoms with Gasteiger partial charge in [-0.15, -0.1) is 0 Å². The summed E-state index contributed by atoms with van der Waals surface area (Å²) >= 11 is 29.9. The second kappa shape index (κ2) is 13.7. The molecule has 0 radical (unpaired) electrons. The zero-order valence-corrected chi connectivity index (χ0v) is 28.2. The maximum Gasteiger partial charge on any atom is 0.171 e. The molecule has 4 aromatic rings. The second-order valence-electron chi connectivity index (χ2n) is 8.58. The van der Waals surface area contributed by atoms with Gasteiger partial charge in [-0.2, -0.15) is 0 Å². The molecular weight excluding hydrogens is 820 g/mol. The van der Waals surface area contributed by atoms with Crippen molar-refractivity contribution in [3.63, 3.8) is 0 Å². The van der Waals surface area contributed by atoms with Crippen LogP contribution in [0.5, 0.6) is 0 Å². The predicted octanol–water partition coefficient (Wildman–Crippen LogP) is 11.1. The summed E-state index contributed by atoms with van der Waals surface area (Å²) in [5, 5.41) is -0.856. The van der Waals surface area contributed by atoms with Crippen LogP contribution in [0.25, 0.3) is 12.2 Å². The van der Waals surface area contributed by atoms with E-state index < -0.39 is 20.3 Å². The van der Waals surface area contributed by atoms with E-state index in [4.69, 9.17) is 46.4 Å². The van der Waals surface area contributed by atoms with Crippen LogP contribution in [0, 0.1) is 7.14 Å². The van der Waals surface area contributed by atoms with Crippen LogP contribution in [-0.4, -0.2) is 8.42 Å². The summed E-state index contributed by atoms with van der Waals surface area (Å²) in [6.07, 6.45) is 6.88. The van der Waals surface area contributed by atoms with E-state index >= 15 is 0 Å². The molecular formula is C30H20Cl4I2O2S. The van der Waals surface area contributed by atoms with Gasteiger partial charge < -0.3 is 0 Å². The Morgan fingerprint density at radius 1 is 0.564 bits per heavy atom. The van der Waals surface area contributed by atoms with Gasteiger partial charge in [-0.05, 0) is 116 Å². The quantitative estimate of drug-likeness (QED) is 0.166. The Kier molecular flexibility index (Phi) is 10.9. The van der Waals surface area contributed by atoms with Crippen molar-refractivity contribution in [3.05, 3.63) is 147 Å². The lowest BCUT2D eigenvalue weighted by molar-refractivity contribution is 0.584. The monoisotopic (exact) mass is 838 g/mol. The molecule has 0 spiro atoms. The normalized spacial score (nSPS) is 13.7. The third-order valence-corrected chi connectivity index (χ3v) is 10.7. The van der Waals surface area contributed by atoms with Gasteiger partial charge in [-0.25, -0.2) is 8.42 Å². The summed E-state index contributed by atoms with van der Waals surface area (Å²) in [5.41, 5.74) is 2.55. The molecule has 200 valence electrons. The largest absolute Gasteiger partial charge is 0.227 e. The summed E-state index contributed by atoms with van der Waals surface area (Å²) in [6.45, 7) is 0. The van der Waals surface area contributed by atoms with Crippen molar-refractivity contribution in [2.24, 2.45) is 0 Å². The zero-order chi connectivity index (χ0) is 28.2. The lowest BCUT2D eigenvalue weighted by Gasteiger charge is -2.23. The Morgan fingerprint density at radius 3 is 1.26 bits per heavy atom. The molecule has 9 heteroatoms. The van der Waals surface area contributed by atoms with Crippen LogP contribution in [0.2, 0.25) is 20.1 Å². The summed E-state index contributed by atoms with van der Waals surface area (Å²) in [7, 11) is -4.03. The van der Waals surface area contributed by atoms with E-state index in [1.54, 1.807) is 60.7 Å². The number of hydrogen-bond donors (Lipinski definition) is 0. The molecule has 0 N–H and O–H groups in total. The van der Waals surface area contributed by atoms with E-state index in [2.05, 4.69) is 45.2 Å². The fraction of sp³-hybridized carbons (Fsp3) is 0.0667. The van der Waals surface area contributed by atoms with Gasteiger partial charge in [0.2, 0.25) is 0 Å². The number of rotatable bonds is 8. The number of halogens is 6. The van der Waals surface area contributed by atoms with Crippen LogP contribution in [0.15, 0.2) is 97.1 Å². The van der Waals surface area contributed by atoms with Crippen LogP contribution in [0.1, 0.15) is 32.8 Å².